The number of carbonyl (C=O) groups is 6. The Bertz CT molecular complexity index is 1160. The molecule has 224 valence electrons. The number of nitrogens with one attached hydrogen (secondary N) is 1. The van der Waals surface area contributed by atoms with Crippen molar-refractivity contribution in [3.8, 4) is 0 Å². The van der Waals surface area contributed by atoms with Crippen LogP contribution in [0, 0.1) is 0 Å². The fraction of sp³-hybridized carbons (Fsp3) is 0.500. The molecule has 1 aliphatic rings. The number of amides is 1. The second kappa shape index (κ2) is 15.2. The molecule has 1 aromatic carbocycles. The van der Waals surface area contributed by atoms with E-state index in [0.29, 0.717) is 0 Å². The Labute approximate surface area is 236 Å². The first-order valence-corrected chi connectivity index (χ1v) is 12.4. The van der Waals surface area contributed by atoms with E-state index in [-0.39, 0.29) is 12.4 Å². The van der Waals surface area contributed by atoms with Gasteiger partial charge in [0.2, 0.25) is 18.0 Å². The Balaban J connectivity index is 2.54. The van der Waals surface area contributed by atoms with E-state index in [9.17, 15) is 28.8 Å². The van der Waals surface area contributed by atoms with E-state index in [1.807, 2.05) is 6.07 Å². The molecule has 0 radical (unpaired) electrons. The molecule has 5 atom stereocenters. The topological polar surface area (TPSA) is 185 Å². The van der Waals surface area contributed by atoms with Crippen molar-refractivity contribution in [2.75, 3.05) is 18.5 Å². The second-order valence-electron chi connectivity index (χ2n) is 8.76. The van der Waals surface area contributed by atoms with E-state index >= 15 is 0 Å². The van der Waals surface area contributed by atoms with Crippen molar-refractivity contribution in [2.45, 2.75) is 72.2 Å². The van der Waals surface area contributed by atoms with E-state index in [0.717, 1.165) is 45.3 Å². The molecule has 0 saturated carbocycles. The summed E-state index contributed by atoms with van der Waals surface area (Å²) in [7, 11) is 0. The normalized spacial score (nSPS) is 17.0. The summed E-state index contributed by atoms with van der Waals surface area (Å²) in [6, 6.07) is 9.00. The molecule has 2 rings (SSSR count). The fourth-order valence-electron chi connectivity index (χ4n) is 3.80. The highest BCUT2D eigenvalue weighted by atomic mass is 16.6. The number of hydrogen-bond donors (Lipinski definition) is 1. The number of esters is 5. The van der Waals surface area contributed by atoms with Gasteiger partial charge in [0, 0.05) is 47.2 Å². The van der Waals surface area contributed by atoms with Gasteiger partial charge in [0.1, 0.15) is 6.61 Å². The number of benzene rings is 1. The summed E-state index contributed by atoms with van der Waals surface area (Å²) in [6.45, 7) is 5.80. The lowest BCUT2D eigenvalue weighted by Gasteiger charge is -2.37. The Kier molecular flexibility index (Phi) is 12.0. The largest absolute Gasteiger partial charge is 0.462 e. The average molecular weight is 580 g/mol. The zero-order chi connectivity index (χ0) is 30.7. The molecule has 0 saturated heterocycles. The molecule has 41 heavy (non-hydrogen) atoms. The van der Waals surface area contributed by atoms with Gasteiger partial charge >= 0.3 is 29.8 Å². The van der Waals surface area contributed by atoms with Crippen molar-refractivity contribution in [1.29, 1.82) is 0 Å². The highest BCUT2D eigenvalue weighted by Crippen LogP contribution is 2.28. The van der Waals surface area contributed by atoms with Crippen LogP contribution in [-0.4, -0.2) is 90.5 Å². The lowest BCUT2D eigenvalue weighted by Crippen LogP contribution is -2.59. The van der Waals surface area contributed by atoms with Crippen LogP contribution in [0.1, 0.15) is 41.5 Å². The van der Waals surface area contributed by atoms with E-state index in [1.54, 1.807) is 24.3 Å². The Morgan fingerprint density at radius 1 is 0.805 bits per heavy atom. The predicted octanol–water partition coefficient (Wildman–Crippen LogP) is 0.907. The van der Waals surface area contributed by atoms with Gasteiger partial charge in [-0.1, -0.05) is 18.2 Å². The van der Waals surface area contributed by atoms with Crippen molar-refractivity contribution in [3.05, 3.63) is 30.3 Å². The molecule has 0 spiro atoms. The maximum atomic E-state index is 12.6. The molecular weight excluding hydrogens is 546 g/mol. The maximum absolute atomic E-state index is 12.6. The lowest BCUT2D eigenvalue weighted by molar-refractivity contribution is -0.216. The quantitative estimate of drug-likeness (QED) is 0.257. The van der Waals surface area contributed by atoms with E-state index in [1.165, 1.54) is 6.92 Å². The standard InChI is InChI=1S/C26H33N3O12/c1-14(30)29-26(41-22(28-29)12-27-20-10-8-7-9-11-20)25(40-19(6)35)24(39-18(5)34)23(38-17(4)33)21(37-16(3)32)13-36-15(2)31/h7-11,21,23-27H,12-13H2,1-6H3/t21-,23-,24+,25+,26?/m1/s1. The van der Waals surface area contributed by atoms with Crippen LogP contribution in [0.25, 0.3) is 0 Å². The van der Waals surface area contributed by atoms with E-state index in [4.69, 9.17) is 28.4 Å². The van der Waals surface area contributed by atoms with Crippen molar-refractivity contribution < 1.29 is 57.2 Å². The molecule has 15 nitrogen and oxygen atoms in total. The minimum absolute atomic E-state index is 0.00517. The number of para-hydroxylation sites is 1. The molecule has 1 amide bonds. The highest BCUT2D eigenvalue weighted by molar-refractivity contribution is 5.85. The van der Waals surface area contributed by atoms with Crippen molar-refractivity contribution in [3.63, 3.8) is 0 Å². The molecule has 1 aliphatic heterocycles. The third-order valence-corrected chi connectivity index (χ3v) is 5.23. The summed E-state index contributed by atoms with van der Waals surface area (Å²) in [5.74, 6) is -4.95. The van der Waals surface area contributed by atoms with Crippen LogP contribution < -0.4 is 5.32 Å². The van der Waals surface area contributed by atoms with Gasteiger partial charge in [-0.25, -0.2) is 0 Å². The van der Waals surface area contributed by atoms with Crippen LogP contribution in [0.5, 0.6) is 0 Å². The fourth-order valence-corrected chi connectivity index (χ4v) is 3.80. The molecular formula is C26H33N3O12. The number of ether oxygens (including phenoxy) is 6. The SMILES string of the molecule is CC(=O)OC[C@@H](OC(C)=O)[C@@H](OC(C)=O)[C@H](OC(C)=O)[C@H](OC(C)=O)C1OC(CNc2ccccc2)=NN1C(C)=O. The first-order valence-electron chi connectivity index (χ1n) is 12.4. The molecule has 1 unspecified atom stereocenters. The summed E-state index contributed by atoms with van der Waals surface area (Å²) >= 11 is 0. The highest BCUT2D eigenvalue weighted by Gasteiger charge is 2.51. The Morgan fingerprint density at radius 3 is 1.88 bits per heavy atom. The monoisotopic (exact) mass is 579 g/mol. The Morgan fingerprint density at radius 2 is 1.37 bits per heavy atom. The number of nitrogens with zero attached hydrogens (tertiary/aromatic N) is 2. The summed E-state index contributed by atoms with van der Waals surface area (Å²) in [5.41, 5.74) is 0.718. The van der Waals surface area contributed by atoms with Gasteiger partial charge in [-0.3, -0.25) is 28.8 Å². The lowest BCUT2D eigenvalue weighted by atomic mass is 10.00. The van der Waals surface area contributed by atoms with Crippen LogP contribution in [0.3, 0.4) is 0 Å². The van der Waals surface area contributed by atoms with Crippen molar-refractivity contribution in [2.24, 2.45) is 5.10 Å². The molecule has 1 aromatic rings. The molecule has 0 aromatic heterocycles. The van der Waals surface area contributed by atoms with Crippen LogP contribution in [-0.2, 0) is 57.2 Å². The van der Waals surface area contributed by atoms with Gasteiger partial charge in [-0.05, 0) is 12.1 Å². The Hall–Kier alpha value is -4.69. The van der Waals surface area contributed by atoms with Gasteiger partial charge in [-0.15, -0.1) is 5.10 Å². The third kappa shape index (κ3) is 10.4. The van der Waals surface area contributed by atoms with Crippen LogP contribution in [0.15, 0.2) is 35.4 Å². The van der Waals surface area contributed by atoms with Gasteiger partial charge in [0.15, 0.2) is 24.4 Å². The predicted molar refractivity (Wildman–Crippen MR) is 139 cm³/mol. The van der Waals surface area contributed by atoms with Gasteiger partial charge < -0.3 is 33.7 Å². The summed E-state index contributed by atoms with van der Waals surface area (Å²) < 4.78 is 32.4. The van der Waals surface area contributed by atoms with Crippen LogP contribution >= 0.6 is 0 Å². The molecule has 1 heterocycles. The number of anilines is 1. The minimum Gasteiger partial charge on any atom is -0.462 e. The summed E-state index contributed by atoms with van der Waals surface area (Å²) in [6.07, 6.45) is -8.18. The van der Waals surface area contributed by atoms with Crippen molar-refractivity contribution >= 4 is 47.3 Å². The molecule has 0 aliphatic carbocycles. The molecule has 0 bridgehead atoms. The number of hydrogen-bond acceptors (Lipinski definition) is 14. The van der Waals surface area contributed by atoms with Crippen LogP contribution in [0.4, 0.5) is 5.69 Å². The molecule has 0 fully saturated rings. The third-order valence-electron chi connectivity index (χ3n) is 5.23. The zero-order valence-electron chi connectivity index (χ0n) is 23.5. The van der Waals surface area contributed by atoms with Crippen molar-refractivity contribution in [1.82, 2.24) is 5.01 Å². The number of carbonyl (C=O) groups excluding carboxylic acids is 6. The first-order chi connectivity index (χ1) is 19.3. The average Bonchev–Trinajstić information content (AvgIpc) is 3.30. The van der Waals surface area contributed by atoms with Gasteiger partial charge in [0.05, 0.1) is 6.54 Å². The van der Waals surface area contributed by atoms with Gasteiger partial charge in [0.25, 0.3) is 0 Å². The van der Waals surface area contributed by atoms with Gasteiger partial charge in [-0.2, -0.15) is 5.01 Å². The summed E-state index contributed by atoms with van der Waals surface area (Å²) in [4.78, 5) is 72.6. The summed E-state index contributed by atoms with van der Waals surface area (Å²) in [5, 5.41) is 8.09. The maximum Gasteiger partial charge on any atom is 0.303 e. The first kappa shape index (κ1) is 32.5. The zero-order valence-corrected chi connectivity index (χ0v) is 23.5. The number of hydrazone groups is 1. The number of rotatable bonds is 13. The smallest absolute Gasteiger partial charge is 0.303 e. The molecule has 15 heteroatoms. The minimum atomic E-state index is -1.75. The second-order valence-corrected chi connectivity index (χ2v) is 8.76. The van der Waals surface area contributed by atoms with Crippen LogP contribution in [0.2, 0.25) is 0 Å². The van der Waals surface area contributed by atoms with E-state index < -0.39 is 73.0 Å². The molecule has 1 N–H and O–H groups in total. The van der Waals surface area contributed by atoms with E-state index in [2.05, 4.69) is 10.4 Å².